The topological polar surface area (TPSA) is 58.2 Å². The van der Waals surface area contributed by atoms with Crippen LogP contribution in [-0.2, 0) is 16.6 Å². The number of halogens is 1. The van der Waals surface area contributed by atoms with Crippen molar-refractivity contribution < 1.29 is 12.8 Å². The fourth-order valence-corrected chi connectivity index (χ4v) is 4.26. The lowest BCUT2D eigenvalue weighted by Gasteiger charge is -2.12. The summed E-state index contributed by atoms with van der Waals surface area (Å²) in [6.45, 7) is 4.02. The molecule has 1 aliphatic carbocycles. The molecule has 0 amide bonds. The molecule has 0 aliphatic heterocycles. The molecule has 0 aromatic heterocycles. The molecule has 1 fully saturated rings. The Bertz CT molecular complexity index is 616. The second-order valence-electron chi connectivity index (χ2n) is 5.74. The van der Waals surface area contributed by atoms with Crippen LogP contribution in [0.4, 0.5) is 4.39 Å². The zero-order valence-electron chi connectivity index (χ0n) is 12.7. The summed E-state index contributed by atoms with van der Waals surface area (Å²) < 4.78 is 41.6. The molecule has 0 radical (unpaired) electrons. The van der Waals surface area contributed by atoms with Crippen molar-refractivity contribution >= 4 is 10.0 Å². The first-order valence-corrected chi connectivity index (χ1v) is 8.83. The second kappa shape index (κ2) is 6.42. The summed E-state index contributed by atoms with van der Waals surface area (Å²) in [5.74, 6) is -0.0561. The fraction of sp³-hybridized carbons (Fsp3) is 0.600. The van der Waals surface area contributed by atoms with Crippen LogP contribution in [0, 0.1) is 18.7 Å². The van der Waals surface area contributed by atoms with E-state index in [0.717, 1.165) is 19.3 Å². The molecule has 1 aromatic rings. The van der Waals surface area contributed by atoms with Gasteiger partial charge >= 0.3 is 0 Å². The van der Waals surface area contributed by atoms with E-state index in [1.54, 1.807) is 13.1 Å². The van der Waals surface area contributed by atoms with Crippen molar-refractivity contribution in [3.63, 3.8) is 0 Å². The maximum Gasteiger partial charge on any atom is 0.241 e. The molecule has 1 aromatic carbocycles. The first-order chi connectivity index (χ1) is 9.89. The van der Waals surface area contributed by atoms with E-state index >= 15 is 0 Å². The zero-order valence-corrected chi connectivity index (χ0v) is 13.6. The maximum atomic E-state index is 13.9. The van der Waals surface area contributed by atoms with Crippen LogP contribution in [0.5, 0.6) is 0 Å². The maximum absolute atomic E-state index is 13.9. The average molecular weight is 314 g/mol. The van der Waals surface area contributed by atoms with Gasteiger partial charge in [0, 0.05) is 18.2 Å². The first-order valence-electron chi connectivity index (χ1n) is 7.35. The van der Waals surface area contributed by atoms with Crippen molar-refractivity contribution in [1.29, 1.82) is 0 Å². The van der Waals surface area contributed by atoms with Gasteiger partial charge in [-0.25, -0.2) is 17.5 Å². The van der Waals surface area contributed by atoms with E-state index in [2.05, 4.69) is 17.0 Å². The highest BCUT2D eigenvalue weighted by atomic mass is 32.2. The summed E-state index contributed by atoms with van der Waals surface area (Å²) >= 11 is 0. The van der Waals surface area contributed by atoms with Crippen molar-refractivity contribution in [3.8, 4) is 0 Å². The van der Waals surface area contributed by atoms with Gasteiger partial charge in [0.1, 0.15) is 5.82 Å². The first kappa shape index (κ1) is 16.4. The Labute approximate surface area is 126 Å². The van der Waals surface area contributed by atoms with Crippen LogP contribution < -0.4 is 10.0 Å². The Kier molecular flexibility index (Phi) is 5.01. The molecule has 2 N–H and O–H groups in total. The van der Waals surface area contributed by atoms with Gasteiger partial charge in [0.25, 0.3) is 0 Å². The van der Waals surface area contributed by atoms with E-state index in [1.807, 2.05) is 0 Å². The highest BCUT2D eigenvalue weighted by Crippen LogP contribution is 2.36. The smallest absolute Gasteiger partial charge is 0.241 e. The molecule has 6 heteroatoms. The molecule has 4 nitrogen and oxygen atoms in total. The third-order valence-electron chi connectivity index (χ3n) is 3.92. The van der Waals surface area contributed by atoms with E-state index in [0.29, 0.717) is 18.0 Å². The van der Waals surface area contributed by atoms with Gasteiger partial charge in [-0.3, -0.25) is 0 Å². The minimum atomic E-state index is -3.66. The van der Waals surface area contributed by atoms with Crippen LogP contribution >= 0.6 is 0 Å². The molecule has 1 aliphatic rings. The zero-order chi connectivity index (χ0) is 15.6. The molecule has 0 saturated heterocycles. The monoisotopic (exact) mass is 314 g/mol. The SMILES string of the molecule is CCCC1CC1NS(=O)(=O)c1cc(CNC)cc(F)c1C. The third kappa shape index (κ3) is 3.81. The van der Waals surface area contributed by atoms with Crippen LogP contribution in [0.15, 0.2) is 17.0 Å². The van der Waals surface area contributed by atoms with E-state index in [4.69, 9.17) is 0 Å². The molecule has 2 unspecified atom stereocenters. The van der Waals surface area contributed by atoms with Crippen LogP contribution in [0.1, 0.15) is 37.3 Å². The van der Waals surface area contributed by atoms with Gasteiger partial charge in [-0.15, -0.1) is 0 Å². The lowest BCUT2D eigenvalue weighted by atomic mass is 10.1. The highest BCUT2D eigenvalue weighted by molar-refractivity contribution is 7.89. The average Bonchev–Trinajstić information content (AvgIpc) is 3.11. The summed E-state index contributed by atoms with van der Waals surface area (Å²) in [4.78, 5) is 0.0508. The van der Waals surface area contributed by atoms with Crippen molar-refractivity contribution in [2.75, 3.05) is 7.05 Å². The van der Waals surface area contributed by atoms with E-state index in [9.17, 15) is 12.8 Å². The molecular formula is C15H23FN2O2S. The Morgan fingerprint density at radius 3 is 2.71 bits per heavy atom. The van der Waals surface area contributed by atoms with Crippen LogP contribution in [0.25, 0.3) is 0 Å². The predicted octanol–water partition coefficient (Wildman–Crippen LogP) is 2.32. The predicted molar refractivity (Wildman–Crippen MR) is 81.0 cm³/mol. The number of hydrogen-bond donors (Lipinski definition) is 2. The number of nitrogens with one attached hydrogen (secondary N) is 2. The normalized spacial score (nSPS) is 21.5. The van der Waals surface area contributed by atoms with Crippen molar-refractivity contribution in [2.24, 2.45) is 5.92 Å². The Morgan fingerprint density at radius 2 is 2.10 bits per heavy atom. The number of sulfonamides is 1. The molecule has 0 bridgehead atoms. The lowest BCUT2D eigenvalue weighted by molar-refractivity contribution is 0.566. The van der Waals surface area contributed by atoms with Gasteiger partial charge in [-0.1, -0.05) is 13.3 Å². The number of benzene rings is 1. The molecule has 1 saturated carbocycles. The Balaban J connectivity index is 2.23. The lowest BCUT2D eigenvalue weighted by Crippen LogP contribution is -2.28. The minimum absolute atomic E-state index is 0.00497. The minimum Gasteiger partial charge on any atom is -0.316 e. The Hall–Kier alpha value is -0.980. The molecule has 2 atom stereocenters. The fourth-order valence-electron chi connectivity index (χ4n) is 2.64. The van der Waals surface area contributed by atoms with Crippen molar-refractivity contribution in [1.82, 2.24) is 10.0 Å². The van der Waals surface area contributed by atoms with Gasteiger partial charge in [-0.2, -0.15) is 0 Å². The van der Waals surface area contributed by atoms with Crippen LogP contribution in [0.3, 0.4) is 0 Å². The second-order valence-corrected chi connectivity index (χ2v) is 7.43. The van der Waals surface area contributed by atoms with Crippen molar-refractivity contribution in [3.05, 3.63) is 29.1 Å². The summed E-state index contributed by atoms with van der Waals surface area (Å²) in [5.41, 5.74) is 0.803. The number of hydrogen-bond acceptors (Lipinski definition) is 3. The van der Waals surface area contributed by atoms with E-state index in [-0.39, 0.29) is 16.5 Å². The molecule has 21 heavy (non-hydrogen) atoms. The molecule has 0 spiro atoms. The molecular weight excluding hydrogens is 291 g/mol. The molecule has 118 valence electrons. The largest absolute Gasteiger partial charge is 0.316 e. The molecule has 2 rings (SSSR count). The van der Waals surface area contributed by atoms with Gasteiger partial charge in [0.2, 0.25) is 10.0 Å². The van der Waals surface area contributed by atoms with Gasteiger partial charge in [-0.05, 0) is 50.4 Å². The van der Waals surface area contributed by atoms with Gasteiger partial charge in [0.05, 0.1) is 4.90 Å². The van der Waals surface area contributed by atoms with E-state index < -0.39 is 15.8 Å². The van der Waals surface area contributed by atoms with Crippen LogP contribution in [0.2, 0.25) is 0 Å². The van der Waals surface area contributed by atoms with Crippen molar-refractivity contribution in [2.45, 2.75) is 50.6 Å². The van der Waals surface area contributed by atoms with E-state index in [1.165, 1.54) is 13.0 Å². The summed E-state index contributed by atoms with van der Waals surface area (Å²) in [5, 5.41) is 2.90. The highest BCUT2D eigenvalue weighted by Gasteiger charge is 2.39. The van der Waals surface area contributed by atoms with Crippen LogP contribution in [-0.4, -0.2) is 21.5 Å². The van der Waals surface area contributed by atoms with Gasteiger partial charge < -0.3 is 5.32 Å². The number of rotatable bonds is 7. The van der Waals surface area contributed by atoms with Gasteiger partial charge in [0.15, 0.2) is 0 Å². The Morgan fingerprint density at radius 1 is 1.38 bits per heavy atom. The third-order valence-corrected chi connectivity index (χ3v) is 5.53. The molecule has 0 heterocycles. The standard InChI is InChI=1S/C15H23FN2O2S/c1-4-5-12-8-14(12)18-21(19,20)15-7-11(9-17-3)6-13(16)10(15)2/h6-7,12,14,17-18H,4-5,8-9H2,1-3H3. The summed E-state index contributed by atoms with van der Waals surface area (Å²) in [6.07, 6.45) is 2.96. The summed E-state index contributed by atoms with van der Waals surface area (Å²) in [7, 11) is -1.92. The summed E-state index contributed by atoms with van der Waals surface area (Å²) in [6, 6.07) is 2.93. The quantitative estimate of drug-likeness (QED) is 0.812.